The van der Waals surface area contributed by atoms with Crippen molar-refractivity contribution < 1.29 is 13.5 Å². The van der Waals surface area contributed by atoms with E-state index in [0.717, 1.165) is 5.56 Å². The van der Waals surface area contributed by atoms with Crippen LogP contribution in [0.4, 0.5) is 8.78 Å². The Labute approximate surface area is 94.4 Å². The van der Waals surface area contributed by atoms with Gasteiger partial charge in [-0.25, -0.2) is 0 Å². The number of rotatable bonds is 3. The quantitative estimate of drug-likeness (QED) is 0.716. The van der Waals surface area contributed by atoms with Crippen LogP contribution in [0.15, 0.2) is 30.3 Å². The maximum atomic E-state index is 13.0. The Balaban J connectivity index is 2.45. The molecule has 0 aromatic heterocycles. The van der Waals surface area contributed by atoms with Gasteiger partial charge in [0.2, 0.25) is 0 Å². The molecule has 0 N–H and O–H groups in total. The standard InChI is InChI=1S/C13H14F2O/c1-11(2)13(14,15)16-10-6-9-12-7-4-3-5-8-12/h3-5,7-8,11H,10H2,1-2H3. The number of hydrogen-bond donors (Lipinski definition) is 0. The first-order valence-electron chi connectivity index (χ1n) is 5.08. The number of alkyl halides is 2. The van der Waals surface area contributed by atoms with Gasteiger partial charge in [-0.1, -0.05) is 43.9 Å². The smallest absolute Gasteiger partial charge is 0.307 e. The molecular weight excluding hydrogens is 210 g/mol. The second kappa shape index (κ2) is 5.62. The van der Waals surface area contributed by atoms with Crippen LogP contribution in [0.25, 0.3) is 0 Å². The maximum absolute atomic E-state index is 13.0. The van der Waals surface area contributed by atoms with Gasteiger partial charge in [0.25, 0.3) is 0 Å². The first kappa shape index (κ1) is 12.7. The predicted octanol–water partition coefficient (Wildman–Crippen LogP) is 3.30. The number of hydrogen-bond acceptors (Lipinski definition) is 1. The van der Waals surface area contributed by atoms with Gasteiger partial charge in [-0.05, 0) is 12.1 Å². The molecule has 0 bridgehead atoms. The van der Waals surface area contributed by atoms with Crippen LogP contribution in [-0.2, 0) is 4.74 Å². The summed E-state index contributed by atoms with van der Waals surface area (Å²) in [4.78, 5) is 0. The minimum absolute atomic E-state index is 0.264. The highest BCUT2D eigenvalue weighted by molar-refractivity contribution is 5.33. The van der Waals surface area contributed by atoms with E-state index in [2.05, 4.69) is 16.6 Å². The third kappa shape index (κ3) is 4.00. The Bertz CT molecular complexity index is 374. The first-order chi connectivity index (χ1) is 7.52. The molecule has 0 spiro atoms. The lowest BCUT2D eigenvalue weighted by atomic mass is 10.2. The van der Waals surface area contributed by atoms with Gasteiger partial charge in [-0.3, -0.25) is 0 Å². The highest BCUT2D eigenvalue weighted by atomic mass is 19.3. The summed E-state index contributed by atoms with van der Waals surface area (Å²) < 4.78 is 30.4. The van der Waals surface area contributed by atoms with Crippen LogP contribution < -0.4 is 0 Å². The molecule has 1 rings (SSSR count). The maximum Gasteiger partial charge on any atom is 0.358 e. The summed E-state index contributed by atoms with van der Waals surface area (Å²) in [6.07, 6.45) is -3.11. The summed E-state index contributed by atoms with van der Waals surface area (Å²) in [5.74, 6) is 4.47. The van der Waals surface area contributed by atoms with Gasteiger partial charge in [0.05, 0.1) is 0 Å². The average Bonchev–Trinajstić information content (AvgIpc) is 2.26. The van der Waals surface area contributed by atoms with Crippen molar-refractivity contribution in [2.24, 2.45) is 5.92 Å². The first-order valence-corrected chi connectivity index (χ1v) is 5.08. The summed E-state index contributed by atoms with van der Waals surface area (Å²) in [6, 6.07) is 9.18. The molecule has 0 aliphatic carbocycles. The van der Waals surface area contributed by atoms with Gasteiger partial charge in [0, 0.05) is 11.5 Å². The van der Waals surface area contributed by atoms with E-state index in [-0.39, 0.29) is 6.61 Å². The van der Waals surface area contributed by atoms with E-state index >= 15 is 0 Å². The van der Waals surface area contributed by atoms with Gasteiger partial charge < -0.3 is 4.74 Å². The zero-order chi connectivity index (χ0) is 12.0. The molecule has 1 aromatic carbocycles. The lowest BCUT2D eigenvalue weighted by molar-refractivity contribution is -0.257. The van der Waals surface area contributed by atoms with Crippen LogP contribution in [0.5, 0.6) is 0 Å². The van der Waals surface area contributed by atoms with Gasteiger partial charge >= 0.3 is 6.11 Å². The molecule has 1 aromatic rings. The highest BCUT2D eigenvalue weighted by Gasteiger charge is 2.33. The van der Waals surface area contributed by atoms with Crippen LogP contribution >= 0.6 is 0 Å². The molecule has 0 atom stereocenters. The SMILES string of the molecule is CC(C)C(F)(F)OCC#Cc1ccccc1. The fourth-order valence-corrected chi connectivity index (χ4v) is 0.959. The molecule has 0 unspecified atom stereocenters. The van der Waals surface area contributed by atoms with E-state index in [1.807, 2.05) is 30.3 Å². The summed E-state index contributed by atoms with van der Waals surface area (Å²) in [6.45, 7) is 2.55. The van der Waals surface area contributed by atoms with Gasteiger partial charge in [0.15, 0.2) is 0 Å². The molecule has 3 heteroatoms. The zero-order valence-electron chi connectivity index (χ0n) is 9.34. The lowest BCUT2D eigenvalue weighted by Crippen LogP contribution is -2.27. The van der Waals surface area contributed by atoms with Crippen molar-refractivity contribution in [1.82, 2.24) is 0 Å². The molecule has 0 amide bonds. The fourth-order valence-electron chi connectivity index (χ4n) is 0.959. The zero-order valence-corrected chi connectivity index (χ0v) is 9.34. The highest BCUT2D eigenvalue weighted by Crippen LogP contribution is 2.24. The molecule has 0 saturated heterocycles. The second-order valence-electron chi connectivity index (χ2n) is 3.67. The van der Waals surface area contributed by atoms with Crippen molar-refractivity contribution in [3.63, 3.8) is 0 Å². The normalized spacial score (nSPS) is 11.1. The molecule has 86 valence electrons. The molecule has 0 saturated carbocycles. The molecule has 0 aliphatic rings. The molecule has 1 nitrogen and oxygen atoms in total. The third-order valence-corrected chi connectivity index (χ3v) is 2.02. The summed E-state index contributed by atoms with van der Waals surface area (Å²) in [5.41, 5.74) is 0.791. The van der Waals surface area contributed by atoms with Crippen LogP contribution in [0.3, 0.4) is 0 Å². The second-order valence-corrected chi connectivity index (χ2v) is 3.67. The lowest BCUT2D eigenvalue weighted by Gasteiger charge is -2.18. The summed E-state index contributed by atoms with van der Waals surface area (Å²) in [5, 5.41) is 0. The van der Waals surface area contributed by atoms with Gasteiger partial charge in [0.1, 0.15) is 6.61 Å². The van der Waals surface area contributed by atoms with Crippen LogP contribution in [0.2, 0.25) is 0 Å². The van der Waals surface area contributed by atoms with Crippen molar-refractivity contribution in [3.8, 4) is 11.8 Å². The molecule has 0 heterocycles. The minimum Gasteiger partial charge on any atom is -0.307 e. The molecule has 0 fully saturated rings. The van der Waals surface area contributed by atoms with Crippen molar-refractivity contribution in [2.45, 2.75) is 20.0 Å². The molecule has 0 aliphatic heterocycles. The third-order valence-electron chi connectivity index (χ3n) is 2.02. The number of benzene rings is 1. The Morgan fingerprint density at radius 1 is 1.25 bits per heavy atom. The Morgan fingerprint density at radius 2 is 1.88 bits per heavy atom. The number of ether oxygens (including phenoxy) is 1. The minimum atomic E-state index is -3.11. The Morgan fingerprint density at radius 3 is 2.44 bits per heavy atom. The van der Waals surface area contributed by atoms with E-state index in [1.54, 1.807) is 0 Å². The van der Waals surface area contributed by atoms with Crippen molar-refractivity contribution in [3.05, 3.63) is 35.9 Å². The van der Waals surface area contributed by atoms with Crippen LogP contribution in [-0.4, -0.2) is 12.7 Å². The topological polar surface area (TPSA) is 9.23 Å². The van der Waals surface area contributed by atoms with Gasteiger partial charge in [-0.15, -0.1) is 0 Å². The molecular formula is C13H14F2O. The predicted molar refractivity (Wildman–Crippen MR) is 59.1 cm³/mol. The Kier molecular flexibility index (Phi) is 4.45. The van der Waals surface area contributed by atoms with Gasteiger partial charge in [-0.2, -0.15) is 8.78 Å². The number of halogens is 2. The van der Waals surface area contributed by atoms with Crippen molar-refractivity contribution in [1.29, 1.82) is 0 Å². The van der Waals surface area contributed by atoms with E-state index < -0.39 is 12.0 Å². The summed E-state index contributed by atoms with van der Waals surface area (Å²) >= 11 is 0. The Hall–Kier alpha value is -1.40. The van der Waals surface area contributed by atoms with E-state index in [1.165, 1.54) is 13.8 Å². The largest absolute Gasteiger partial charge is 0.358 e. The fraction of sp³-hybridized carbons (Fsp3) is 0.385. The average molecular weight is 224 g/mol. The van der Waals surface area contributed by atoms with E-state index in [0.29, 0.717) is 0 Å². The molecule has 16 heavy (non-hydrogen) atoms. The summed E-state index contributed by atoms with van der Waals surface area (Å²) in [7, 11) is 0. The molecule has 0 radical (unpaired) electrons. The van der Waals surface area contributed by atoms with Crippen LogP contribution in [0.1, 0.15) is 19.4 Å². The van der Waals surface area contributed by atoms with E-state index in [4.69, 9.17) is 0 Å². The van der Waals surface area contributed by atoms with Crippen molar-refractivity contribution in [2.75, 3.05) is 6.61 Å². The monoisotopic (exact) mass is 224 g/mol. The van der Waals surface area contributed by atoms with Crippen LogP contribution in [0, 0.1) is 17.8 Å². The van der Waals surface area contributed by atoms with E-state index in [9.17, 15) is 8.78 Å². The van der Waals surface area contributed by atoms with Crippen molar-refractivity contribution >= 4 is 0 Å².